The van der Waals surface area contributed by atoms with E-state index in [1.807, 2.05) is 13.8 Å². The van der Waals surface area contributed by atoms with Gasteiger partial charge in [-0.05, 0) is 19.9 Å². The Labute approximate surface area is 152 Å². The van der Waals surface area contributed by atoms with Crippen LogP contribution in [0.2, 0.25) is 10.2 Å². The van der Waals surface area contributed by atoms with Crippen LogP contribution in [0.1, 0.15) is 29.8 Å². The van der Waals surface area contributed by atoms with Crippen molar-refractivity contribution in [2.45, 2.75) is 26.5 Å². The standard InChI is InChI=1S/C16H13Cl2N5O2/c1-7(2)21-14-11(13(18)22-16-19-6-20-23(14)16)9-4-3-8-10(12(9)17)5-25-15(8)24/h3-4,6-7,21H,5H2,1-2H3. The maximum absolute atomic E-state index is 11.7. The molecule has 1 N–H and O–H groups in total. The number of aromatic nitrogens is 4. The van der Waals surface area contributed by atoms with Crippen molar-refractivity contribution < 1.29 is 9.53 Å². The molecule has 1 aromatic carbocycles. The van der Waals surface area contributed by atoms with E-state index in [4.69, 9.17) is 27.9 Å². The average molecular weight is 378 g/mol. The van der Waals surface area contributed by atoms with Crippen molar-refractivity contribution in [1.29, 1.82) is 0 Å². The second-order valence-electron chi connectivity index (χ2n) is 5.93. The van der Waals surface area contributed by atoms with E-state index in [9.17, 15) is 4.79 Å². The Balaban J connectivity index is 2.01. The second kappa shape index (κ2) is 5.86. The molecule has 0 bridgehead atoms. The van der Waals surface area contributed by atoms with Crippen molar-refractivity contribution in [3.8, 4) is 11.1 Å². The molecule has 0 atom stereocenters. The molecule has 9 heteroatoms. The van der Waals surface area contributed by atoms with Crippen LogP contribution in [0.4, 0.5) is 5.82 Å². The van der Waals surface area contributed by atoms with Gasteiger partial charge in [-0.25, -0.2) is 4.79 Å². The highest BCUT2D eigenvalue weighted by molar-refractivity contribution is 6.37. The first kappa shape index (κ1) is 16.1. The highest BCUT2D eigenvalue weighted by Gasteiger charge is 2.28. The van der Waals surface area contributed by atoms with E-state index in [2.05, 4.69) is 20.4 Å². The van der Waals surface area contributed by atoms with Crippen LogP contribution in [-0.4, -0.2) is 31.6 Å². The summed E-state index contributed by atoms with van der Waals surface area (Å²) < 4.78 is 6.64. The molecule has 1 aliphatic heterocycles. The van der Waals surface area contributed by atoms with Crippen LogP contribution in [0.15, 0.2) is 18.5 Å². The van der Waals surface area contributed by atoms with E-state index >= 15 is 0 Å². The number of anilines is 1. The molecule has 3 heterocycles. The average Bonchev–Trinajstić information content (AvgIpc) is 3.16. The van der Waals surface area contributed by atoms with Crippen molar-refractivity contribution in [2.24, 2.45) is 0 Å². The summed E-state index contributed by atoms with van der Waals surface area (Å²) in [5.74, 6) is 0.641. The minimum atomic E-state index is -0.375. The third-order valence-electron chi connectivity index (χ3n) is 3.89. The van der Waals surface area contributed by atoms with Crippen LogP contribution >= 0.6 is 23.2 Å². The number of ether oxygens (including phenoxy) is 1. The van der Waals surface area contributed by atoms with E-state index < -0.39 is 0 Å². The lowest BCUT2D eigenvalue weighted by molar-refractivity contribution is 0.0535. The second-order valence-corrected chi connectivity index (χ2v) is 6.66. The van der Waals surface area contributed by atoms with Gasteiger partial charge in [0, 0.05) is 17.2 Å². The van der Waals surface area contributed by atoms with Gasteiger partial charge in [0.25, 0.3) is 5.78 Å². The number of hydrogen-bond donors (Lipinski definition) is 1. The van der Waals surface area contributed by atoms with Gasteiger partial charge in [-0.2, -0.15) is 19.6 Å². The molecular formula is C16H13Cl2N5O2. The molecule has 0 saturated carbocycles. The minimum absolute atomic E-state index is 0.114. The van der Waals surface area contributed by atoms with Gasteiger partial charge >= 0.3 is 5.97 Å². The van der Waals surface area contributed by atoms with E-state index in [-0.39, 0.29) is 23.8 Å². The van der Waals surface area contributed by atoms with E-state index in [0.29, 0.717) is 38.9 Å². The topological polar surface area (TPSA) is 81.4 Å². The Bertz CT molecular complexity index is 1020. The fourth-order valence-electron chi connectivity index (χ4n) is 2.82. The van der Waals surface area contributed by atoms with E-state index in [1.54, 1.807) is 16.6 Å². The molecule has 0 fully saturated rings. The summed E-state index contributed by atoms with van der Waals surface area (Å²) in [7, 11) is 0. The lowest BCUT2D eigenvalue weighted by Crippen LogP contribution is -2.15. The zero-order valence-electron chi connectivity index (χ0n) is 13.4. The Morgan fingerprint density at radius 1 is 1.28 bits per heavy atom. The predicted octanol–water partition coefficient (Wildman–Crippen LogP) is 3.59. The number of halogens is 2. The maximum atomic E-state index is 11.7. The van der Waals surface area contributed by atoms with Crippen LogP contribution in [0.5, 0.6) is 0 Å². The minimum Gasteiger partial charge on any atom is -0.457 e. The normalized spacial score (nSPS) is 13.4. The number of benzene rings is 1. The first-order valence-corrected chi connectivity index (χ1v) is 8.37. The van der Waals surface area contributed by atoms with Gasteiger partial charge in [0.05, 0.1) is 16.1 Å². The summed E-state index contributed by atoms with van der Waals surface area (Å²) in [4.78, 5) is 20.1. The summed E-state index contributed by atoms with van der Waals surface area (Å²) >= 11 is 13.0. The largest absolute Gasteiger partial charge is 0.457 e. The molecule has 128 valence electrons. The van der Waals surface area contributed by atoms with Crippen molar-refractivity contribution in [3.63, 3.8) is 0 Å². The van der Waals surface area contributed by atoms with Gasteiger partial charge in [0.2, 0.25) is 0 Å². The smallest absolute Gasteiger partial charge is 0.338 e. The molecule has 25 heavy (non-hydrogen) atoms. The molecule has 0 amide bonds. The third kappa shape index (κ3) is 2.51. The third-order valence-corrected chi connectivity index (χ3v) is 4.59. The van der Waals surface area contributed by atoms with Gasteiger partial charge in [-0.15, -0.1) is 0 Å². The van der Waals surface area contributed by atoms with Crippen LogP contribution in [0, 0.1) is 0 Å². The van der Waals surface area contributed by atoms with Crippen molar-refractivity contribution in [2.75, 3.05) is 5.32 Å². The summed E-state index contributed by atoms with van der Waals surface area (Å²) in [6, 6.07) is 3.54. The molecule has 7 nitrogen and oxygen atoms in total. The Morgan fingerprint density at radius 3 is 2.80 bits per heavy atom. The molecule has 3 aromatic rings. The molecule has 1 aliphatic rings. The molecule has 0 spiro atoms. The van der Waals surface area contributed by atoms with Crippen LogP contribution in [-0.2, 0) is 11.3 Å². The zero-order chi connectivity index (χ0) is 17.7. The number of rotatable bonds is 3. The van der Waals surface area contributed by atoms with Crippen LogP contribution in [0.3, 0.4) is 0 Å². The first-order valence-electron chi connectivity index (χ1n) is 7.62. The van der Waals surface area contributed by atoms with Crippen molar-refractivity contribution >= 4 is 40.8 Å². The summed E-state index contributed by atoms with van der Waals surface area (Å²) in [5.41, 5.74) is 2.37. The summed E-state index contributed by atoms with van der Waals surface area (Å²) in [6.45, 7) is 4.14. The van der Waals surface area contributed by atoms with Crippen LogP contribution < -0.4 is 5.32 Å². The number of cyclic esters (lactones) is 1. The monoisotopic (exact) mass is 377 g/mol. The summed E-state index contributed by atoms with van der Waals surface area (Å²) in [6.07, 6.45) is 1.41. The number of fused-ring (bicyclic) bond motifs is 2. The highest BCUT2D eigenvalue weighted by atomic mass is 35.5. The van der Waals surface area contributed by atoms with Gasteiger partial charge < -0.3 is 10.1 Å². The fraction of sp³-hybridized carbons (Fsp3) is 0.250. The lowest BCUT2D eigenvalue weighted by Gasteiger charge is -2.18. The summed E-state index contributed by atoms with van der Waals surface area (Å²) in [5, 5.41) is 8.20. The molecule has 0 aliphatic carbocycles. The Hall–Kier alpha value is -2.38. The van der Waals surface area contributed by atoms with Gasteiger partial charge in [-0.1, -0.05) is 29.3 Å². The van der Waals surface area contributed by atoms with Crippen LogP contribution in [0.25, 0.3) is 16.9 Å². The molecule has 4 rings (SSSR count). The molecule has 0 unspecified atom stereocenters. The number of esters is 1. The van der Waals surface area contributed by atoms with Gasteiger partial charge in [0.15, 0.2) is 0 Å². The maximum Gasteiger partial charge on any atom is 0.338 e. The first-order chi connectivity index (χ1) is 12.0. The lowest BCUT2D eigenvalue weighted by atomic mass is 10.0. The molecule has 0 radical (unpaired) electrons. The van der Waals surface area contributed by atoms with Crippen molar-refractivity contribution in [3.05, 3.63) is 39.8 Å². The Kier molecular flexibility index (Phi) is 3.77. The van der Waals surface area contributed by atoms with Gasteiger partial charge in [0.1, 0.15) is 23.9 Å². The zero-order valence-corrected chi connectivity index (χ0v) is 14.9. The highest BCUT2D eigenvalue weighted by Crippen LogP contribution is 2.42. The number of nitrogens with zero attached hydrogens (tertiary/aromatic N) is 4. The number of nitrogens with one attached hydrogen (secondary N) is 1. The fourth-order valence-corrected chi connectivity index (χ4v) is 3.40. The van der Waals surface area contributed by atoms with E-state index in [1.165, 1.54) is 6.33 Å². The number of hydrogen-bond acceptors (Lipinski definition) is 6. The SMILES string of the molecule is CC(C)Nc1c(-c2ccc3c(c2Cl)COC3=O)c(Cl)nc2ncnn12. The van der Waals surface area contributed by atoms with Crippen molar-refractivity contribution in [1.82, 2.24) is 19.6 Å². The predicted molar refractivity (Wildman–Crippen MR) is 94.1 cm³/mol. The quantitative estimate of drug-likeness (QED) is 0.554. The van der Waals surface area contributed by atoms with E-state index in [0.717, 1.165) is 0 Å². The Morgan fingerprint density at radius 2 is 2.04 bits per heavy atom. The molecule has 2 aromatic heterocycles. The number of carbonyl (C=O) groups is 1. The molecular weight excluding hydrogens is 365 g/mol. The molecule has 0 saturated heterocycles. The van der Waals surface area contributed by atoms with Gasteiger partial charge in [-0.3, -0.25) is 0 Å². The number of carbonyl (C=O) groups excluding carboxylic acids is 1.